The predicted molar refractivity (Wildman–Crippen MR) is 87.2 cm³/mol. The molecule has 0 aliphatic carbocycles. The fraction of sp³-hybridized carbons (Fsp3) is 0.667. The largest absolute Gasteiger partial charge is 0.312 e. The molecule has 1 aromatic carbocycles. The zero-order valence-electron chi connectivity index (χ0n) is 13.6. The molecule has 1 saturated heterocycles. The minimum absolute atomic E-state index is 0.219. The van der Waals surface area contributed by atoms with Gasteiger partial charge >= 0.3 is 0 Å². The number of likely N-dealkylation sites (tertiary alicyclic amines) is 1. The lowest BCUT2D eigenvalue weighted by Gasteiger charge is -2.42. The Morgan fingerprint density at radius 2 is 1.95 bits per heavy atom. The van der Waals surface area contributed by atoms with Gasteiger partial charge in [-0.1, -0.05) is 36.8 Å². The summed E-state index contributed by atoms with van der Waals surface area (Å²) < 4.78 is 0. The van der Waals surface area contributed by atoms with E-state index in [9.17, 15) is 0 Å². The average Bonchev–Trinajstić information content (AvgIpc) is 2.93. The Bertz CT molecular complexity index is 419. The zero-order chi connectivity index (χ0) is 14.6. The molecule has 2 nitrogen and oxygen atoms in total. The second-order valence-corrected chi connectivity index (χ2v) is 6.65. The highest BCUT2D eigenvalue weighted by atomic mass is 15.2. The minimum Gasteiger partial charge on any atom is -0.312 e. The molecular weight excluding hydrogens is 244 g/mol. The van der Waals surface area contributed by atoms with Crippen LogP contribution in [0.1, 0.15) is 44.7 Å². The van der Waals surface area contributed by atoms with Crippen molar-refractivity contribution in [2.75, 3.05) is 19.6 Å². The maximum Gasteiger partial charge on any atom is 0.0309 e. The van der Waals surface area contributed by atoms with Crippen molar-refractivity contribution in [3.8, 4) is 0 Å². The molecule has 0 bridgehead atoms. The number of hydrogen-bond acceptors (Lipinski definition) is 2. The number of nitrogens with one attached hydrogen (secondary N) is 1. The van der Waals surface area contributed by atoms with Crippen molar-refractivity contribution < 1.29 is 0 Å². The number of aryl methyl sites for hydroxylation is 1. The van der Waals surface area contributed by atoms with Crippen LogP contribution in [0.3, 0.4) is 0 Å². The molecule has 2 heteroatoms. The number of likely N-dealkylation sites (N-methyl/N-ethyl adjacent to an activating group) is 1. The molecule has 0 aromatic heterocycles. The van der Waals surface area contributed by atoms with E-state index < -0.39 is 0 Å². The smallest absolute Gasteiger partial charge is 0.0309 e. The summed E-state index contributed by atoms with van der Waals surface area (Å²) in [5, 5.41) is 3.73. The predicted octanol–water partition coefficient (Wildman–Crippen LogP) is 3.39. The van der Waals surface area contributed by atoms with Crippen molar-refractivity contribution >= 4 is 0 Å². The fourth-order valence-corrected chi connectivity index (χ4v) is 3.41. The van der Waals surface area contributed by atoms with E-state index in [2.05, 4.69) is 62.2 Å². The second kappa shape index (κ2) is 6.73. The van der Waals surface area contributed by atoms with Crippen LogP contribution >= 0.6 is 0 Å². The van der Waals surface area contributed by atoms with Gasteiger partial charge in [0.05, 0.1) is 0 Å². The van der Waals surface area contributed by atoms with Crippen LogP contribution in [-0.2, 0) is 6.42 Å². The van der Waals surface area contributed by atoms with Crippen LogP contribution in [0.25, 0.3) is 0 Å². The van der Waals surface area contributed by atoms with Gasteiger partial charge in [-0.3, -0.25) is 4.90 Å². The van der Waals surface area contributed by atoms with Gasteiger partial charge in [-0.05, 0) is 65.2 Å². The van der Waals surface area contributed by atoms with Crippen molar-refractivity contribution in [1.82, 2.24) is 10.2 Å². The first-order valence-electron chi connectivity index (χ1n) is 8.08. The van der Waals surface area contributed by atoms with E-state index in [1.807, 2.05) is 0 Å². The van der Waals surface area contributed by atoms with E-state index >= 15 is 0 Å². The van der Waals surface area contributed by atoms with Crippen LogP contribution in [0.2, 0.25) is 0 Å². The monoisotopic (exact) mass is 274 g/mol. The molecule has 1 atom stereocenters. The summed E-state index contributed by atoms with van der Waals surface area (Å²) in [5.74, 6) is 0. The number of nitrogens with zero attached hydrogens (tertiary/aromatic N) is 1. The van der Waals surface area contributed by atoms with Crippen molar-refractivity contribution in [1.29, 1.82) is 0 Å². The summed E-state index contributed by atoms with van der Waals surface area (Å²) in [6.07, 6.45) is 3.82. The maximum atomic E-state index is 3.73. The first-order chi connectivity index (χ1) is 9.54. The normalized spacial score (nSPS) is 18.4. The quantitative estimate of drug-likeness (QED) is 0.855. The molecule has 1 aliphatic heterocycles. The van der Waals surface area contributed by atoms with Gasteiger partial charge in [-0.15, -0.1) is 0 Å². The van der Waals surface area contributed by atoms with Crippen molar-refractivity contribution in [3.05, 3.63) is 35.4 Å². The highest BCUT2D eigenvalue weighted by molar-refractivity contribution is 5.23. The Morgan fingerprint density at radius 3 is 2.55 bits per heavy atom. The van der Waals surface area contributed by atoms with Crippen LogP contribution < -0.4 is 5.32 Å². The fourth-order valence-electron chi connectivity index (χ4n) is 3.41. The van der Waals surface area contributed by atoms with Crippen LogP contribution in [0.4, 0.5) is 0 Å². The van der Waals surface area contributed by atoms with E-state index in [4.69, 9.17) is 0 Å². The third kappa shape index (κ3) is 3.62. The standard InChI is InChI=1S/C18H30N2/c1-5-19-17(14-16-10-8-9-15(2)13-16)18(3,4)20-11-6-7-12-20/h8-10,13,17,19H,5-7,11-12,14H2,1-4H3. The summed E-state index contributed by atoms with van der Waals surface area (Å²) in [6.45, 7) is 12.7. The van der Waals surface area contributed by atoms with E-state index in [0.717, 1.165) is 13.0 Å². The molecule has 0 radical (unpaired) electrons. The molecule has 1 heterocycles. The molecule has 1 N–H and O–H groups in total. The Hall–Kier alpha value is -0.860. The lowest BCUT2D eigenvalue weighted by Crippen LogP contribution is -2.57. The topological polar surface area (TPSA) is 15.3 Å². The van der Waals surface area contributed by atoms with Crippen LogP contribution in [0.5, 0.6) is 0 Å². The molecule has 2 rings (SSSR count). The molecule has 0 amide bonds. The molecule has 1 fully saturated rings. The van der Waals surface area contributed by atoms with Crippen molar-refractivity contribution in [2.45, 2.75) is 58.5 Å². The first kappa shape index (κ1) is 15.5. The lowest BCUT2D eigenvalue weighted by molar-refractivity contribution is 0.107. The highest BCUT2D eigenvalue weighted by Crippen LogP contribution is 2.26. The summed E-state index contributed by atoms with van der Waals surface area (Å²) >= 11 is 0. The molecule has 20 heavy (non-hydrogen) atoms. The third-order valence-electron chi connectivity index (χ3n) is 4.75. The van der Waals surface area contributed by atoms with Crippen molar-refractivity contribution in [3.63, 3.8) is 0 Å². The average molecular weight is 274 g/mol. The highest BCUT2D eigenvalue weighted by Gasteiger charge is 2.36. The minimum atomic E-state index is 0.219. The Kier molecular flexibility index (Phi) is 5.22. The first-order valence-corrected chi connectivity index (χ1v) is 8.08. The van der Waals surface area contributed by atoms with Gasteiger partial charge in [-0.25, -0.2) is 0 Å². The van der Waals surface area contributed by atoms with Gasteiger partial charge in [0.1, 0.15) is 0 Å². The summed E-state index contributed by atoms with van der Waals surface area (Å²) in [6, 6.07) is 9.45. The van der Waals surface area contributed by atoms with Crippen LogP contribution in [0.15, 0.2) is 24.3 Å². The second-order valence-electron chi connectivity index (χ2n) is 6.65. The Balaban J connectivity index is 2.13. The molecular formula is C18H30N2. The SMILES string of the molecule is CCNC(Cc1cccc(C)c1)C(C)(C)N1CCCC1. The zero-order valence-corrected chi connectivity index (χ0v) is 13.6. The molecule has 112 valence electrons. The molecule has 1 aromatic rings. The van der Waals surface area contributed by atoms with E-state index in [1.54, 1.807) is 0 Å². The summed E-state index contributed by atoms with van der Waals surface area (Å²) in [4.78, 5) is 2.66. The van der Waals surface area contributed by atoms with Gasteiger partial charge < -0.3 is 5.32 Å². The number of benzene rings is 1. The Labute approximate surface area is 124 Å². The van der Waals surface area contributed by atoms with Crippen LogP contribution in [0, 0.1) is 6.92 Å². The third-order valence-corrected chi connectivity index (χ3v) is 4.75. The van der Waals surface area contributed by atoms with Crippen molar-refractivity contribution in [2.24, 2.45) is 0 Å². The number of rotatable bonds is 6. The van der Waals surface area contributed by atoms with E-state index in [-0.39, 0.29) is 5.54 Å². The van der Waals surface area contributed by atoms with Gasteiger partial charge in [0.15, 0.2) is 0 Å². The molecule has 1 aliphatic rings. The van der Waals surface area contributed by atoms with Gasteiger partial charge in [0.2, 0.25) is 0 Å². The van der Waals surface area contributed by atoms with E-state index in [0.29, 0.717) is 6.04 Å². The van der Waals surface area contributed by atoms with Gasteiger partial charge in [0.25, 0.3) is 0 Å². The summed E-state index contributed by atoms with van der Waals surface area (Å²) in [5.41, 5.74) is 3.02. The van der Waals surface area contributed by atoms with Gasteiger partial charge in [-0.2, -0.15) is 0 Å². The van der Waals surface area contributed by atoms with Crippen LogP contribution in [-0.4, -0.2) is 36.1 Å². The number of hydrogen-bond donors (Lipinski definition) is 1. The lowest BCUT2D eigenvalue weighted by atomic mass is 9.87. The maximum absolute atomic E-state index is 3.73. The molecule has 0 spiro atoms. The summed E-state index contributed by atoms with van der Waals surface area (Å²) in [7, 11) is 0. The molecule has 0 saturated carbocycles. The van der Waals surface area contributed by atoms with Gasteiger partial charge in [0, 0.05) is 11.6 Å². The molecule has 1 unspecified atom stereocenters. The Morgan fingerprint density at radius 1 is 1.25 bits per heavy atom. The van der Waals surface area contributed by atoms with E-state index in [1.165, 1.54) is 37.1 Å².